The summed E-state index contributed by atoms with van der Waals surface area (Å²) in [5.74, 6) is 4.51. The first-order valence-corrected chi connectivity index (χ1v) is 15.8. The van der Waals surface area contributed by atoms with Gasteiger partial charge in [-0.15, -0.1) is 0 Å². The van der Waals surface area contributed by atoms with Gasteiger partial charge < -0.3 is 4.74 Å². The Labute approximate surface area is 227 Å². The number of hydrogen-bond acceptors (Lipinski definition) is 3. The highest BCUT2D eigenvalue weighted by Crippen LogP contribution is 2.34. The van der Waals surface area contributed by atoms with Crippen LogP contribution in [0.4, 0.5) is 0 Å². The van der Waals surface area contributed by atoms with Crippen molar-refractivity contribution in [3.05, 3.63) is 42.2 Å². The van der Waals surface area contributed by atoms with Crippen molar-refractivity contribution < 1.29 is 4.74 Å². The summed E-state index contributed by atoms with van der Waals surface area (Å²) >= 11 is 0. The first kappa shape index (κ1) is 28.1. The molecule has 0 saturated heterocycles. The first-order valence-electron chi connectivity index (χ1n) is 15.8. The zero-order chi connectivity index (χ0) is 25.5. The fourth-order valence-electron chi connectivity index (χ4n) is 6.60. The van der Waals surface area contributed by atoms with Crippen LogP contribution in [0.15, 0.2) is 36.7 Å². The Morgan fingerprint density at radius 3 is 1.92 bits per heavy atom. The summed E-state index contributed by atoms with van der Waals surface area (Å²) in [4.78, 5) is 9.14. The monoisotopic (exact) mass is 504 g/mol. The maximum Gasteiger partial charge on any atom is 0.159 e. The molecule has 4 rings (SSSR count). The van der Waals surface area contributed by atoms with Crippen LogP contribution in [-0.2, 0) is 6.42 Å². The standard InChI is InChI=1S/C34H52N2O/c1-2-3-4-6-12-29-15-17-30(18-16-29)19-20-31-21-23-32(24-22-31)34-35-26-33(27-36-34)37-25-10-5-7-11-28-13-8-9-14-28/h21-24,26-30H,2-20,25H2,1H3/t29-,30-. The Bertz CT molecular complexity index is 848. The molecule has 3 heteroatoms. The molecule has 204 valence electrons. The van der Waals surface area contributed by atoms with Crippen molar-refractivity contribution in [3.8, 4) is 17.1 Å². The molecule has 0 unspecified atom stereocenters. The third-order valence-corrected chi connectivity index (χ3v) is 9.11. The van der Waals surface area contributed by atoms with Gasteiger partial charge in [0.05, 0.1) is 19.0 Å². The van der Waals surface area contributed by atoms with E-state index in [1.807, 2.05) is 12.4 Å². The van der Waals surface area contributed by atoms with Crippen LogP contribution in [0.25, 0.3) is 11.4 Å². The summed E-state index contributed by atoms with van der Waals surface area (Å²) in [6.45, 7) is 3.07. The third kappa shape index (κ3) is 10.1. The molecule has 2 aliphatic rings. The van der Waals surface area contributed by atoms with Crippen LogP contribution in [0.5, 0.6) is 5.75 Å². The maximum atomic E-state index is 5.89. The quantitative estimate of drug-likeness (QED) is 0.213. The molecule has 1 aromatic heterocycles. The lowest BCUT2D eigenvalue weighted by Crippen LogP contribution is -2.15. The molecule has 3 nitrogen and oxygen atoms in total. The number of ether oxygens (including phenoxy) is 1. The smallest absolute Gasteiger partial charge is 0.159 e. The Morgan fingerprint density at radius 1 is 0.676 bits per heavy atom. The predicted molar refractivity (Wildman–Crippen MR) is 156 cm³/mol. The minimum Gasteiger partial charge on any atom is -0.490 e. The molecule has 1 heterocycles. The van der Waals surface area contributed by atoms with Crippen LogP contribution in [-0.4, -0.2) is 16.6 Å². The summed E-state index contributed by atoms with van der Waals surface area (Å²) in [7, 11) is 0. The van der Waals surface area contributed by atoms with Crippen LogP contribution in [0, 0.1) is 17.8 Å². The Hall–Kier alpha value is -1.90. The molecule has 0 spiro atoms. The van der Waals surface area contributed by atoms with Gasteiger partial charge in [0.25, 0.3) is 0 Å². The summed E-state index contributed by atoms with van der Waals surface area (Å²) in [6, 6.07) is 8.91. The first-order chi connectivity index (χ1) is 18.3. The zero-order valence-electron chi connectivity index (χ0n) is 23.6. The lowest BCUT2D eigenvalue weighted by molar-refractivity contribution is 0.249. The Balaban J connectivity index is 1.10. The number of unbranched alkanes of at least 4 members (excludes halogenated alkanes) is 5. The summed E-state index contributed by atoms with van der Waals surface area (Å²) in [5, 5.41) is 0. The topological polar surface area (TPSA) is 35.0 Å². The van der Waals surface area contributed by atoms with Crippen LogP contribution in [0.3, 0.4) is 0 Å². The highest BCUT2D eigenvalue weighted by atomic mass is 16.5. The highest BCUT2D eigenvalue weighted by Gasteiger charge is 2.20. The van der Waals surface area contributed by atoms with Gasteiger partial charge in [-0.05, 0) is 42.6 Å². The largest absolute Gasteiger partial charge is 0.490 e. The average Bonchev–Trinajstić information content (AvgIpc) is 3.47. The molecule has 0 amide bonds. The van der Waals surface area contributed by atoms with Gasteiger partial charge in [0.2, 0.25) is 0 Å². The molecule has 0 aliphatic heterocycles. The molecule has 0 N–H and O–H groups in total. The molecule has 2 saturated carbocycles. The van der Waals surface area contributed by atoms with E-state index < -0.39 is 0 Å². The van der Waals surface area contributed by atoms with E-state index in [2.05, 4.69) is 41.2 Å². The van der Waals surface area contributed by atoms with Gasteiger partial charge in [-0.3, -0.25) is 0 Å². The summed E-state index contributed by atoms with van der Waals surface area (Å²) in [5.41, 5.74) is 2.53. The van der Waals surface area contributed by atoms with E-state index >= 15 is 0 Å². The molecule has 2 fully saturated rings. The SMILES string of the molecule is CCCCCC[C@H]1CC[C@H](CCc2ccc(-c3ncc(OCCCCCC4CCCC4)cn3)cc2)CC1. The van der Waals surface area contributed by atoms with E-state index in [0.717, 1.165) is 47.9 Å². The highest BCUT2D eigenvalue weighted by molar-refractivity contribution is 5.55. The molecule has 2 aromatic rings. The van der Waals surface area contributed by atoms with Crippen molar-refractivity contribution in [2.75, 3.05) is 6.61 Å². The molecule has 1 aromatic carbocycles. The van der Waals surface area contributed by atoms with Gasteiger partial charge >= 0.3 is 0 Å². The predicted octanol–water partition coefficient (Wildman–Crippen LogP) is 9.98. The minimum atomic E-state index is 0.767. The Kier molecular flexibility index (Phi) is 12.3. The van der Waals surface area contributed by atoms with Gasteiger partial charge in [-0.1, -0.05) is 134 Å². The lowest BCUT2D eigenvalue weighted by Gasteiger charge is -2.28. The van der Waals surface area contributed by atoms with Gasteiger partial charge in [0.15, 0.2) is 11.6 Å². The molecule has 0 atom stereocenters. The number of nitrogens with zero attached hydrogens (tertiary/aromatic N) is 2. The van der Waals surface area contributed by atoms with E-state index in [-0.39, 0.29) is 0 Å². The van der Waals surface area contributed by atoms with Crippen molar-refractivity contribution in [3.63, 3.8) is 0 Å². The van der Waals surface area contributed by atoms with Crippen molar-refractivity contribution >= 4 is 0 Å². The molecular formula is C34H52N2O. The number of aromatic nitrogens is 2. The van der Waals surface area contributed by atoms with E-state index in [1.165, 1.54) is 121 Å². The van der Waals surface area contributed by atoms with E-state index in [4.69, 9.17) is 4.74 Å². The van der Waals surface area contributed by atoms with Gasteiger partial charge in [0.1, 0.15) is 0 Å². The van der Waals surface area contributed by atoms with Crippen molar-refractivity contribution in [2.24, 2.45) is 17.8 Å². The average molecular weight is 505 g/mol. The van der Waals surface area contributed by atoms with Crippen molar-refractivity contribution in [2.45, 2.75) is 129 Å². The normalized spacial score (nSPS) is 20.4. The van der Waals surface area contributed by atoms with Crippen LogP contribution < -0.4 is 4.74 Å². The van der Waals surface area contributed by atoms with Crippen LogP contribution in [0.1, 0.15) is 128 Å². The lowest BCUT2D eigenvalue weighted by atomic mass is 9.77. The summed E-state index contributed by atoms with van der Waals surface area (Å²) in [6.07, 6.45) is 30.1. The van der Waals surface area contributed by atoms with Crippen LogP contribution >= 0.6 is 0 Å². The number of rotatable bonds is 16. The molecule has 37 heavy (non-hydrogen) atoms. The van der Waals surface area contributed by atoms with Gasteiger partial charge in [-0.2, -0.15) is 0 Å². The summed E-state index contributed by atoms with van der Waals surface area (Å²) < 4.78 is 5.89. The van der Waals surface area contributed by atoms with E-state index in [0.29, 0.717) is 0 Å². The number of aryl methyl sites for hydroxylation is 1. The number of hydrogen-bond donors (Lipinski definition) is 0. The van der Waals surface area contributed by atoms with E-state index in [1.54, 1.807) is 0 Å². The van der Waals surface area contributed by atoms with Crippen molar-refractivity contribution in [1.29, 1.82) is 0 Å². The van der Waals surface area contributed by atoms with Crippen LogP contribution in [0.2, 0.25) is 0 Å². The van der Waals surface area contributed by atoms with E-state index in [9.17, 15) is 0 Å². The fraction of sp³-hybridized carbons (Fsp3) is 0.706. The maximum absolute atomic E-state index is 5.89. The number of benzene rings is 1. The molecule has 2 aliphatic carbocycles. The second-order valence-electron chi connectivity index (χ2n) is 12.1. The fourth-order valence-corrected chi connectivity index (χ4v) is 6.60. The molecular weight excluding hydrogens is 452 g/mol. The second kappa shape index (κ2) is 16.1. The minimum absolute atomic E-state index is 0.767. The Morgan fingerprint density at radius 2 is 1.27 bits per heavy atom. The zero-order valence-corrected chi connectivity index (χ0v) is 23.6. The molecule has 0 bridgehead atoms. The van der Waals surface area contributed by atoms with Crippen molar-refractivity contribution in [1.82, 2.24) is 9.97 Å². The van der Waals surface area contributed by atoms with Gasteiger partial charge in [-0.25, -0.2) is 9.97 Å². The van der Waals surface area contributed by atoms with Gasteiger partial charge in [0, 0.05) is 5.56 Å². The third-order valence-electron chi connectivity index (χ3n) is 9.11. The second-order valence-corrected chi connectivity index (χ2v) is 12.1. The molecule has 0 radical (unpaired) electrons.